The molecule has 0 atom stereocenters. The van der Waals surface area contributed by atoms with E-state index in [2.05, 4.69) is 0 Å². The third kappa shape index (κ3) is 3.91. The van der Waals surface area contributed by atoms with E-state index < -0.39 is 5.97 Å². The number of halogens is 1. The lowest BCUT2D eigenvalue weighted by Gasteiger charge is -2.05. The van der Waals surface area contributed by atoms with E-state index in [0.29, 0.717) is 9.92 Å². The molecule has 0 unspecified atom stereocenters. The van der Waals surface area contributed by atoms with Crippen LogP contribution in [0.4, 0.5) is 0 Å². The SMILES string of the molecule is O=C(O)Cc1ccc(Sc2ccc(Cl)cc2O)cc1. The molecular formula is C14H11ClO3S. The number of carboxylic acid groups (broad SMARTS) is 1. The van der Waals surface area contributed by atoms with E-state index >= 15 is 0 Å². The van der Waals surface area contributed by atoms with Gasteiger partial charge in [0.15, 0.2) is 0 Å². The fraction of sp³-hybridized carbons (Fsp3) is 0.0714. The fourth-order valence-corrected chi connectivity index (χ4v) is 2.55. The minimum atomic E-state index is -0.851. The monoisotopic (exact) mass is 294 g/mol. The van der Waals surface area contributed by atoms with Crippen molar-refractivity contribution in [3.8, 4) is 5.75 Å². The first-order valence-corrected chi connectivity index (χ1v) is 6.71. The minimum absolute atomic E-state index is 0.0111. The number of phenols is 1. The average Bonchev–Trinajstić information content (AvgIpc) is 2.34. The lowest BCUT2D eigenvalue weighted by atomic mass is 10.2. The summed E-state index contributed by atoms with van der Waals surface area (Å²) in [5, 5.41) is 18.9. The van der Waals surface area contributed by atoms with Crippen molar-refractivity contribution in [2.75, 3.05) is 0 Å². The van der Waals surface area contributed by atoms with Crippen molar-refractivity contribution in [2.24, 2.45) is 0 Å². The molecule has 0 saturated carbocycles. The van der Waals surface area contributed by atoms with Crippen LogP contribution < -0.4 is 0 Å². The molecule has 0 spiro atoms. The van der Waals surface area contributed by atoms with E-state index in [1.807, 2.05) is 12.1 Å². The summed E-state index contributed by atoms with van der Waals surface area (Å²) in [7, 11) is 0. The highest BCUT2D eigenvalue weighted by atomic mass is 35.5. The highest BCUT2D eigenvalue weighted by molar-refractivity contribution is 7.99. The number of hydrogen-bond donors (Lipinski definition) is 2. The van der Waals surface area contributed by atoms with Gasteiger partial charge in [0.2, 0.25) is 0 Å². The third-order valence-corrected chi connectivity index (χ3v) is 3.74. The van der Waals surface area contributed by atoms with E-state index in [1.165, 1.54) is 17.8 Å². The minimum Gasteiger partial charge on any atom is -0.507 e. The summed E-state index contributed by atoms with van der Waals surface area (Å²) < 4.78 is 0. The first-order chi connectivity index (χ1) is 9.04. The molecule has 0 saturated heterocycles. The van der Waals surface area contributed by atoms with E-state index in [9.17, 15) is 9.90 Å². The molecule has 0 aliphatic heterocycles. The number of rotatable bonds is 4. The number of aromatic hydroxyl groups is 1. The first kappa shape index (κ1) is 13.8. The molecule has 0 fully saturated rings. The van der Waals surface area contributed by atoms with E-state index in [0.717, 1.165) is 10.5 Å². The van der Waals surface area contributed by atoms with E-state index in [-0.39, 0.29) is 12.2 Å². The van der Waals surface area contributed by atoms with Crippen molar-refractivity contribution in [2.45, 2.75) is 16.2 Å². The maximum Gasteiger partial charge on any atom is 0.307 e. The number of carboxylic acids is 1. The van der Waals surface area contributed by atoms with Crippen LogP contribution in [-0.2, 0) is 11.2 Å². The third-order valence-electron chi connectivity index (χ3n) is 2.43. The summed E-state index contributed by atoms with van der Waals surface area (Å²) in [6.07, 6.45) is 0.0111. The smallest absolute Gasteiger partial charge is 0.307 e. The molecule has 0 aromatic heterocycles. The number of phenolic OH excluding ortho intramolecular Hbond substituents is 1. The van der Waals surface area contributed by atoms with Crippen LogP contribution in [0.15, 0.2) is 52.3 Å². The Kier molecular flexibility index (Phi) is 4.35. The summed E-state index contributed by atoms with van der Waals surface area (Å²) in [6, 6.07) is 12.1. The number of benzene rings is 2. The Morgan fingerprint density at radius 1 is 1.16 bits per heavy atom. The summed E-state index contributed by atoms with van der Waals surface area (Å²) in [5.41, 5.74) is 0.747. The van der Waals surface area contributed by atoms with Gasteiger partial charge in [-0.2, -0.15) is 0 Å². The van der Waals surface area contributed by atoms with Crippen LogP contribution in [0.2, 0.25) is 5.02 Å². The van der Waals surface area contributed by atoms with Crippen molar-refractivity contribution in [3.63, 3.8) is 0 Å². The predicted molar refractivity (Wildman–Crippen MR) is 75.0 cm³/mol. The maximum absolute atomic E-state index is 10.6. The zero-order chi connectivity index (χ0) is 13.8. The standard InChI is InChI=1S/C14H11ClO3S/c15-10-3-6-13(12(16)8-10)19-11-4-1-9(2-5-11)7-14(17)18/h1-6,8,16H,7H2,(H,17,18). The van der Waals surface area contributed by atoms with Gasteiger partial charge in [-0.25, -0.2) is 0 Å². The number of hydrogen-bond acceptors (Lipinski definition) is 3. The van der Waals surface area contributed by atoms with Crippen LogP contribution in [0.5, 0.6) is 5.75 Å². The molecular weight excluding hydrogens is 284 g/mol. The Morgan fingerprint density at radius 2 is 1.84 bits per heavy atom. The Morgan fingerprint density at radius 3 is 2.42 bits per heavy atom. The van der Waals surface area contributed by atoms with Gasteiger partial charge in [-0.05, 0) is 35.9 Å². The van der Waals surface area contributed by atoms with Crippen molar-refractivity contribution in [1.82, 2.24) is 0 Å². The summed E-state index contributed by atoms with van der Waals surface area (Å²) in [4.78, 5) is 12.2. The molecule has 5 heteroatoms. The van der Waals surface area contributed by atoms with Crippen molar-refractivity contribution >= 4 is 29.3 Å². The molecule has 3 nitrogen and oxygen atoms in total. The zero-order valence-corrected chi connectivity index (χ0v) is 11.4. The Hall–Kier alpha value is -1.65. The van der Waals surface area contributed by atoms with Crippen LogP contribution in [0.25, 0.3) is 0 Å². The second-order valence-corrected chi connectivity index (χ2v) is 5.48. The van der Waals surface area contributed by atoms with Gasteiger partial charge in [-0.15, -0.1) is 0 Å². The van der Waals surface area contributed by atoms with Gasteiger partial charge in [0.25, 0.3) is 0 Å². The quantitative estimate of drug-likeness (QED) is 0.900. The normalized spacial score (nSPS) is 10.4. The van der Waals surface area contributed by atoms with Crippen molar-refractivity contribution in [3.05, 3.63) is 53.1 Å². The maximum atomic E-state index is 10.6. The lowest BCUT2D eigenvalue weighted by molar-refractivity contribution is -0.136. The van der Waals surface area contributed by atoms with Gasteiger partial charge in [0, 0.05) is 9.92 Å². The predicted octanol–water partition coefficient (Wildman–Crippen LogP) is 3.82. The number of aliphatic carboxylic acids is 1. The van der Waals surface area contributed by atoms with Crippen LogP contribution >= 0.6 is 23.4 Å². The molecule has 2 aromatic carbocycles. The second kappa shape index (κ2) is 5.99. The molecule has 0 aliphatic carbocycles. The molecule has 0 bridgehead atoms. The summed E-state index contributed by atoms with van der Waals surface area (Å²) in [6.45, 7) is 0. The Bertz CT molecular complexity index is 596. The van der Waals surface area contributed by atoms with Crippen LogP contribution in [0, 0.1) is 0 Å². The molecule has 2 N–H and O–H groups in total. The van der Waals surface area contributed by atoms with Crippen molar-refractivity contribution in [1.29, 1.82) is 0 Å². The molecule has 0 radical (unpaired) electrons. The Labute approximate surface area is 119 Å². The molecule has 98 valence electrons. The summed E-state index contributed by atoms with van der Waals surface area (Å²) >= 11 is 7.16. The average molecular weight is 295 g/mol. The van der Waals surface area contributed by atoms with Gasteiger partial charge >= 0.3 is 5.97 Å². The lowest BCUT2D eigenvalue weighted by Crippen LogP contribution is -1.99. The topological polar surface area (TPSA) is 57.5 Å². The molecule has 0 heterocycles. The van der Waals surface area contributed by atoms with Gasteiger partial charge in [0.1, 0.15) is 5.75 Å². The van der Waals surface area contributed by atoms with Gasteiger partial charge in [-0.1, -0.05) is 35.5 Å². The van der Waals surface area contributed by atoms with Crippen molar-refractivity contribution < 1.29 is 15.0 Å². The van der Waals surface area contributed by atoms with Crippen LogP contribution in [-0.4, -0.2) is 16.2 Å². The van der Waals surface area contributed by atoms with Gasteiger partial charge < -0.3 is 10.2 Å². The van der Waals surface area contributed by atoms with Gasteiger partial charge in [-0.3, -0.25) is 4.79 Å². The van der Waals surface area contributed by atoms with Gasteiger partial charge in [0.05, 0.1) is 11.3 Å². The first-order valence-electron chi connectivity index (χ1n) is 5.52. The van der Waals surface area contributed by atoms with E-state index in [1.54, 1.807) is 24.3 Å². The highest BCUT2D eigenvalue weighted by Crippen LogP contribution is 2.35. The van der Waals surface area contributed by atoms with Crippen LogP contribution in [0.3, 0.4) is 0 Å². The van der Waals surface area contributed by atoms with E-state index in [4.69, 9.17) is 16.7 Å². The molecule has 2 rings (SSSR count). The van der Waals surface area contributed by atoms with Crippen LogP contribution in [0.1, 0.15) is 5.56 Å². The molecule has 19 heavy (non-hydrogen) atoms. The fourth-order valence-electron chi connectivity index (χ4n) is 1.55. The molecule has 0 amide bonds. The second-order valence-electron chi connectivity index (χ2n) is 3.93. The zero-order valence-electron chi connectivity index (χ0n) is 9.84. The highest BCUT2D eigenvalue weighted by Gasteiger charge is 2.05. The largest absolute Gasteiger partial charge is 0.507 e. The molecule has 2 aromatic rings. The molecule has 0 aliphatic rings. The Balaban J connectivity index is 2.13. The summed E-state index contributed by atoms with van der Waals surface area (Å²) in [5.74, 6) is -0.720. The number of carbonyl (C=O) groups is 1.